The van der Waals surface area contributed by atoms with E-state index in [1.807, 2.05) is 0 Å². The van der Waals surface area contributed by atoms with Gasteiger partial charge in [0.25, 0.3) is 0 Å². The van der Waals surface area contributed by atoms with Crippen LogP contribution in [0.5, 0.6) is 0 Å². The molecule has 0 aromatic heterocycles. The summed E-state index contributed by atoms with van der Waals surface area (Å²) in [5.41, 5.74) is 0. The highest BCUT2D eigenvalue weighted by molar-refractivity contribution is 5.85. The van der Waals surface area contributed by atoms with E-state index in [-0.39, 0.29) is 24.5 Å². The average Bonchev–Trinajstić information content (AvgIpc) is 2.67. The third-order valence-corrected chi connectivity index (χ3v) is 4.39. The Kier molecular flexibility index (Phi) is 5.03. The minimum absolute atomic E-state index is 0.0623. The number of hydrogen-bond acceptors (Lipinski definition) is 3. The van der Waals surface area contributed by atoms with Crippen molar-refractivity contribution in [2.45, 2.75) is 38.1 Å². The van der Waals surface area contributed by atoms with Crippen LogP contribution in [0.25, 0.3) is 0 Å². The molecule has 2 N–H and O–H groups in total. The van der Waals surface area contributed by atoms with E-state index in [2.05, 4.69) is 5.32 Å². The van der Waals surface area contributed by atoms with Gasteiger partial charge in [-0.15, -0.1) is 0 Å². The van der Waals surface area contributed by atoms with E-state index in [9.17, 15) is 19.5 Å². The molecular formula is C14H23N3O4. The van der Waals surface area contributed by atoms with Gasteiger partial charge < -0.3 is 20.2 Å². The van der Waals surface area contributed by atoms with Gasteiger partial charge in [0, 0.05) is 26.2 Å². The SMILES string of the molecule is CN1CCN(C(=O)NC2CCCCCC2C(=O)O)CC1=O. The molecule has 0 spiro atoms. The number of likely N-dealkylation sites (N-methyl/N-ethyl adjacent to an activating group) is 1. The second-order valence-corrected chi connectivity index (χ2v) is 5.88. The van der Waals surface area contributed by atoms with Crippen LogP contribution >= 0.6 is 0 Å². The van der Waals surface area contributed by atoms with E-state index in [0.717, 1.165) is 19.3 Å². The summed E-state index contributed by atoms with van der Waals surface area (Å²) >= 11 is 0. The number of carbonyl (C=O) groups excluding carboxylic acids is 2. The molecule has 0 aromatic rings. The van der Waals surface area contributed by atoms with Gasteiger partial charge in [-0.1, -0.05) is 19.3 Å². The van der Waals surface area contributed by atoms with Crippen LogP contribution in [0.15, 0.2) is 0 Å². The van der Waals surface area contributed by atoms with Crippen LogP contribution in [-0.2, 0) is 9.59 Å². The van der Waals surface area contributed by atoms with Gasteiger partial charge in [-0.3, -0.25) is 9.59 Å². The van der Waals surface area contributed by atoms with Gasteiger partial charge in [0.2, 0.25) is 5.91 Å². The summed E-state index contributed by atoms with van der Waals surface area (Å²) in [5, 5.41) is 12.1. The molecule has 0 bridgehead atoms. The standard InChI is InChI=1S/C14H23N3O4/c1-16-7-8-17(9-12(16)18)14(21)15-11-6-4-2-3-5-10(11)13(19)20/h10-11H,2-9H2,1H3,(H,15,21)(H,19,20). The van der Waals surface area contributed by atoms with Crippen molar-refractivity contribution < 1.29 is 19.5 Å². The molecule has 1 aliphatic carbocycles. The number of nitrogens with one attached hydrogen (secondary N) is 1. The van der Waals surface area contributed by atoms with Gasteiger partial charge >= 0.3 is 12.0 Å². The van der Waals surface area contributed by atoms with Crippen LogP contribution in [-0.4, -0.2) is 65.5 Å². The number of urea groups is 1. The van der Waals surface area contributed by atoms with E-state index in [1.165, 1.54) is 4.90 Å². The van der Waals surface area contributed by atoms with Gasteiger partial charge in [0.15, 0.2) is 0 Å². The predicted molar refractivity (Wildman–Crippen MR) is 75.7 cm³/mol. The van der Waals surface area contributed by atoms with E-state index in [1.54, 1.807) is 11.9 Å². The molecule has 2 aliphatic rings. The Morgan fingerprint density at radius 2 is 1.90 bits per heavy atom. The van der Waals surface area contributed by atoms with Gasteiger partial charge in [0.1, 0.15) is 6.54 Å². The highest BCUT2D eigenvalue weighted by atomic mass is 16.4. The van der Waals surface area contributed by atoms with Crippen LogP contribution in [0.3, 0.4) is 0 Å². The zero-order valence-electron chi connectivity index (χ0n) is 12.4. The molecule has 2 rings (SSSR count). The first-order chi connectivity index (χ1) is 9.99. The van der Waals surface area contributed by atoms with Gasteiger partial charge in [-0.2, -0.15) is 0 Å². The van der Waals surface area contributed by atoms with Crippen molar-refractivity contribution in [1.29, 1.82) is 0 Å². The fraction of sp³-hybridized carbons (Fsp3) is 0.786. The molecule has 118 valence electrons. The predicted octanol–water partition coefficient (Wildman–Crippen LogP) is 0.503. The molecule has 0 radical (unpaired) electrons. The van der Waals surface area contributed by atoms with Crippen molar-refractivity contribution in [2.75, 3.05) is 26.7 Å². The van der Waals surface area contributed by atoms with E-state index < -0.39 is 11.9 Å². The lowest BCUT2D eigenvalue weighted by Crippen LogP contribution is -2.56. The third-order valence-electron chi connectivity index (χ3n) is 4.39. The second kappa shape index (κ2) is 6.78. The van der Waals surface area contributed by atoms with Crippen LogP contribution in [0.4, 0.5) is 4.79 Å². The molecule has 3 amide bonds. The molecule has 7 heteroatoms. The molecule has 2 atom stereocenters. The largest absolute Gasteiger partial charge is 0.481 e. The van der Waals surface area contributed by atoms with Gasteiger partial charge in [-0.05, 0) is 12.8 Å². The third kappa shape index (κ3) is 3.86. The van der Waals surface area contributed by atoms with Crippen LogP contribution in [0.1, 0.15) is 32.1 Å². The normalized spacial score (nSPS) is 27.2. The topological polar surface area (TPSA) is 89.9 Å². The molecule has 2 unspecified atom stereocenters. The quantitative estimate of drug-likeness (QED) is 0.726. The molecule has 1 saturated heterocycles. The fourth-order valence-corrected chi connectivity index (χ4v) is 2.96. The lowest BCUT2D eigenvalue weighted by atomic mass is 9.95. The summed E-state index contributed by atoms with van der Waals surface area (Å²) in [6.07, 6.45) is 4.10. The van der Waals surface area contributed by atoms with Gasteiger partial charge in [0.05, 0.1) is 5.92 Å². The molecular weight excluding hydrogens is 274 g/mol. The van der Waals surface area contributed by atoms with Crippen LogP contribution < -0.4 is 5.32 Å². The highest BCUT2D eigenvalue weighted by Crippen LogP contribution is 2.24. The Balaban J connectivity index is 1.96. The molecule has 2 fully saturated rings. The van der Waals surface area contributed by atoms with E-state index in [0.29, 0.717) is 25.9 Å². The summed E-state index contributed by atoms with van der Waals surface area (Å²) < 4.78 is 0. The highest BCUT2D eigenvalue weighted by Gasteiger charge is 2.33. The zero-order chi connectivity index (χ0) is 15.4. The first-order valence-corrected chi connectivity index (χ1v) is 7.51. The van der Waals surface area contributed by atoms with Crippen molar-refractivity contribution in [3.8, 4) is 0 Å². The maximum atomic E-state index is 12.3. The lowest BCUT2D eigenvalue weighted by molar-refractivity contribution is -0.143. The van der Waals surface area contributed by atoms with Crippen LogP contribution in [0, 0.1) is 5.92 Å². The number of aliphatic carboxylic acids is 1. The van der Waals surface area contributed by atoms with Crippen molar-refractivity contribution in [3.05, 3.63) is 0 Å². The Labute approximate surface area is 124 Å². The van der Waals surface area contributed by atoms with Crippen molar-refractivity contribution >= 4 is 17.9 Å². The van der Waals surface area contributed by atoms with E-state index in [4.69, 9.17) is 0 Å². The number of nitrogens with zero attached hydrogens (tertiary/aromatic N) is 2. The molecule has 7 nitrogen and oxygen atoms in total. The number of carboxylic acid groups (broad SMARTS) is 1. The summed E-state index contributed by atoms with van der Waals surface area (Å²) in [7, 11) is 1.71. The summed E-state index contributed by atoms with van der Waals surface area (Å²) in [6, 6.07) is -0.665. The molecule has 1 heterocycles. The summed E-state index contributed by atoms with van der Waals surface area (Å²) in [5.74, 6) is -1.47. The maximum Gasteiger partial charge on any atom is 0.318 e. The minimum Gasteiger partial charge on any atom is -0.481 e. The molecule has 1 aliphatic heterocycles. The Hall–Kier alpha value is -1.79. The van der Waals surface area contributed by atoms with Crippen molar-refractivity contribution in [2.24, 2.45) is 5.92 Å². The molecule has 0 aromatic carbocycles. The summed E-state index contributed by atoms with van der Waals surface area (Å²) in [4.78, 5) is 38.3. The Morgan fingerprint density at radius 3 is 2.57 bits per heavy atom. The number of carbonyl (C=O) groups is 3. The number of piperazine rings is 1. The monoisotopic (exact) mass is 297 g/mol. The van der Waals surface area contributed by atoms with Crippen LogP contribution in [0.2, 0.25) is 0 Å². The van der Waals surface area contributed by atoms with Crippen molar-refractivity contribution in [1.82, 2.24) is 15.1 Å². The van der Waals surface area contributed by atoms with Crippen molar-refractivity contribution in [3.63, 3.8) is 0 Å². The number of rotatable bonds is 2. The van der Waals surface area contributed by atoms with E-state index >= 15 is 0 Å². The zero-order valence-corrected chi connectivity index (χ0v) is 12.4. The number of hydrogen-bond donors (Lipinski definition) is 2. The fourth-order valence-electron chi connectivity index (χ4n) is 2.96. The minimum atomic E-state index is -0.850. The van der Waals surface area contributed by atoms with Gasteiger partial charge in [-0.25, -0.2) is 4.79 Å². The Morgan fingerprint density at radius 1 is 1.19 bits per heavy atom. The number of carboxylic acids is 1. The maximum absolute atomic E-state index is 12.3. The average molecular weight is 297 g/mol. The number of amides is 3. The molecule has 1 saturated carbocycles. The first kappa shape index (κ1) is 15.6. The molecule has 21 heavy (non-hydrogen) atoms. The second-order valence-electron chi connectivity index (χ2n) is 5.88. The smallest absolute Gasteiger partial charge is 0.318 e. The lowest BCUT2D eigenvalue weighted by Gasteiger charge is -2.33. The first-order valence-electron chi connectivity index (χ1n) is 7.51. The Bertz CT molecular complexity index is 426. The summed E-state index contributed by atoms with van der Waals surface area (Å²) in [6.45, 7) is 1.06.